The standard InChI is InChI=1S/C20H18ClF3N2O4S/c21-17-3-6-19(13(7-17)8-25)31(28,29)26-9-14(11-27)15(10-26)12-30-18-4-1-16(2-5-18)20(22,23)24/h1-7,14-15,27H,9-12H2/t14?,15-/m1/s1. The van der Waals surface area contributed by atoms with Gasteiger partial charge in [-0.2, -0.15) is 22.7 Å². The molecule has 0 spiro atoms. The van der Waals surface area contributed by atoms with Crippen LogP contribution in [0.25, 0.3) is 0 Å². The first-order valence-corrected chi connectivity index (χ1v) is 11.0. The molecule has 3 rings (SSSR count). The minimum absolute atomic E-state index is 0.00827. The van der Waals surface area contributed by atoms with Crippen molar-refractivity contribution in [1.29, 1.82) is 5.26 Å². The molecule has 1 N–H and O–H groups in total. The third-order valence-corrected chi connectivity index (χ3v) is 7.23. The molecule has 1 aliphatic rings. The molecular formula is C20H18ClF3N2O4S. The maximum absolute atomic E-state index is 13.0. The van der Waals surface area contributed by atoms with E-state index in [4.69, 9.17) is 16.3 Å². The lowest BCUT2D eigenvalue weighted by atomic mass is 9.98. The Balaban J connectivity index is 1.73. The van der Waals surface area contributed by atoms with E-state index in [9.17, 15) is 32.0 Å². The van der Waals surface area contributed by atoms with E-state index in [2.05, 4.69) is 0 Å². The first-order valence-electron chi connectivity index (χ1n) is 9.17. The van der Waals surface area contributed by atoms with Crippen LogP contribution in [0.15, 0.2) is 47.4 Å². The highest BCUT2D eigenvalue weighted by Gasteiger charge is 2.40. The van der Waals surface area contributed by atoms with Gasteiger partial charge in [0.2, 0.25) is 10.0 Å². The molecule has 0 aromatic heterocycles. The molecule has 0 radical (unpaired) electrons. The van der Waals surface area contributed by atoms with Crippen molar-refractivity contribution in [3.63, 3.8) is 0 Å². The second kappa shape index (κ2) is 9.04. The lowest BCUT2D eigenvalue weighted by molar-refractivity contribution is -0.137. The van der Waals surface area contributed by atoms with Crippen LogP contribution < -0.4 is 4.74 Å². The molecule has 0 aliphatic carbocycles. The predicted octanol–water partition coefficient (Wildman–Crippen LogP) is 3.54. The van der Waals surface area contributed by atoms with Crippen molar-refractivity contribution < 1.29 is 31.4 Å². The molecule has 31 heavy (non-hydrogen) atoms. The molecule has 0 bridgehead atoms. The number of nitriles is 1. The Bertz CT molecular complexity index is 1090. The predicted molar refractivity (Wildman–Crippen MR) is 106 cm³/mol. The van der Waals surface area contributed by atoms with Crippen LogP contribution in [0.3, 0.4) is 0 Å². The highest BCUT2D eigenvalue weighted by Crippen LogP contribution is 2.33. The van der Waals surface area contributed by atoms with Gasteiger partial charge in [-0.25, -0.2) is 8.42 Å². The Labute approximate surface area is 182 Å². The number of hydrogen-bond acceptors (Lipinski definition) is 5. The second-order valence-electron chi connectivity index (χ2n) is 7.11. The van der Waals surface area contributed by atoms with Crippen molar-refractivity contribution in [2.75, 3.05) is 26.3 Å². The third kappa shape index (κ3) is 5.13. The summed E-state index contributed by atoms with van der Waals surface area (Å²) in [6.45, 7) is -0.234. The van der Waals surface area contributed by atoms with Gasteiger partial charge < -0.3 is 9.84 Å². The Morgan fingerprint density at radius 2 is 1.81 bits per heavy atom. The number of alkyl halides is 3. The summed E-state index contributed by atoms with van der Waals surface area (Å²) in [6, 6.07) is 9.89. The van der Waals surface area contributed by atoms with Crippen molar-refractivity contribution in [2.45, 2.75) is 11.1 Å². The molecule has 0 saturated carbocycles. The number of benzene rings is 2. The van der Waals surface area contributed by atoms with Crippen LogP contribution in [0, 0.1) is 23.2 Å². The number of rotatable bonds is 6. The van der Waals surface area contributed by atoms with Crippen LogP contribution in [0.5, 0.6) is 5.75 Å². The molecule has 2 aromatic carbocycles. The average Bonchev–Trinajstić information content (AvgIpc) is 3.15. The lowest BCUT2D eigenvalue weighted by Gasteiger charge is -2.18. The zero-order chi connectivity index (χ0) is 22.8. The van der Waals surface area contributed by atoms with Gasteiger partial charge in [-0.05, 0) is 42.5 Å². The van der Waals surface area contributed by atoms with E-state index in [0.29, 0.717) is 0 Å². The number of sulfonamides is 1. The Kier molecular flexibility index (Phi) is 6.81. The van der Waals surface area contributed by atoms with Crippen LogP contribution in [-0.4, -0.2) is 44.1 Å². The quantitative estimate of drug-likeness (QED) is 0.691. The highest BCUT2D eigenvalue weighted by molar-refractivity contribution is 7.89. The number of hydrogen-bond donors (Lipinski definition) is 1. The van der Waals surface area contributed by atoms with Gasteiger partial charge in [0.1, 0.15) is 16.7 Å². The zero-order valence-corrected chi connectivity index (χ0v) is 17.6. The first-order chi connectivity index (χ1) is 14.6. The number of halogens is 4. The molecule has 1 aliphatic heterocycles. The van der Waals surface area contributed by atoms with Gasteiger partial charge in [-0.15, -0.1) is 0 Å². The van der Waals surface area contributed by atoms with Crippen LogP contribution in [0.2, 0.25) is 5.02 Å². The molecule has 1 fully saturated rings. The SMILES string of the molecule is N#Cc1cc(Cl)ccc1S(=O)(=O)N1CC(CO)[C@@H](COc2ccc(C(F)(F)F)cc2)C1. The number of aliphatic hydroxyl groups excluding tert-OH is 1. The Morgan fingerprint density at radius 3 is 2.39 bits per heavy atom. The summed E-state index contributed by atoms with van der Waals surface area (Å²) in [7, 11) is -4.02. The summed E-state index contributed by atoms with van der Waals surface area (Å²) in [4.78, 5) is -0.180. The summed E-state index contributed by atoms with van der Waals surface area (Å²) in [5.41, 5.74) is -0.889. The van der Waals surface area contributed by atoms with E-state index in [1.54, 1.807) is 0 Å². The van der Waals surface area contributed by atoms with Gasteiger partial charge in [0.05, 0.1) is 17.7 Å². The molecule has 11 heteroatoms. The van der Waals surface area contributed by atoms with E-state index in [1.807, 2.05) is 6.07 Å². The first kappa shape index (κ1) is 23.3. The maximum Gasteiger partial charge on any atom is 0.416 e. The summed E-state index contributed by atoms with van der Waals surface area (Å²) in [5, 5.41) is 19.2. The fourth-order valence-electron chi connectivity index (χ4n) is 3.38. The molecule has 6 nitrogen and oxygen atoms in total. The minimum atomic E-state index is -4.45. The second-order valence-corrected chi connectivity index (χ2v) is 9.45. The fourth-order valence-corrected chi connectivity index (χ4v) is 5.23. The molecular weight excluding hydrogens is 457 g/mol. The summed E-state index contributed by atoms with van der Waals surface area (Å²) in [6.07, 6.45) is -4.45. The van der Waals surface area contributed by atoms with E-state index in [-0.39, 0.29) is 53.5 Å². The Morgan fingerprint density at radius 1 is 1.16 bits per heavy atom. The maximum atomic E-state index is 13.0. The van der Waals surface area contributed by atoms with Gasteiger partial charge in [0.15, 0.2) is 0 Å². The van der Waals surface area contributed by atoms with Crippen molar-refractivity contribution >= 4 is 21.6 Å². The van der Waals surface area contributed by atoms with Gasteiger partial charge in [-0.3, -0.25) is 0 Å². The van der Waals surface area contributed by atoms with Gasteiger partial charge in [0, 0.05) is 36.6 Å². The van der Waals surface area contributed by atoms with Gasteiger partial charge in [-0.1, -0.05) is 11.6 Å². The van der Waals surface area contributed by atoms with Crippen molar-refractivity contribution in [2.24, 2.45) is 11.8 Å². The monoisotopic (exact) mass is 474 g/mol. The number of aliphatic hydroxyl groups is 1. The van der Waals surface area contributed by atoms with Crippen LogP contribution in [-0.2, 0) is 16.2 Å². The van der Waals surface area contributed by atoms with E-state index >= 15 is 0 Å². The van der Waals surface area contributed by atoms with Gasteiger partial charge >= 0.3 is 6.18 Å². The van der Waals surface area contributed by atoms with Crippen molar-refractivity contribution in [1.82, 2.24) is 4.31 Å². The minimum Gasteiger partial charge on any atom is -0.493 e. The summed E-state index contributed by atoms with van der Waals surface area (Å²) < 4.78 is 70.8. The number of nitrogens with zero attached hydrogens (tertiary/aromatic N) is 2. The lowest BCUT2D eigenvalue weighted by Crippen LogP contribution is -2.30. The van der Waals surface area contributed by atoms with Crippen LogP contribution in [0.4, 0.5) is 13.2 Å². The van der Waals surface area contributed by atoms with Crippen molar-refractivity contribution in [3.05, 3.63) is 58.6 Å². The highest BCUT2D eigenvalue weighted by atomic mass is 35.5. The smallest absolute Gasteiger partial charge is 0.416 e. The van der Waals surface area contributed by atoms with Crippen LogP contribution >= 0.6 is 11.6 Å². The van der Waals surface area contributed by atoms with Crippen molar-refractivity contribution in [3.8, 4) is 11.8 Å². The molecule has 2 atom stereocenters. The average molecular weight is 475 g/mol. The largest absolute Gasteiger partial charge is 0.493 e. The normalized spacial score (nSPS) is 19.9. The molecule has 1 unspecified atom stereocenters. The molecule has 2 aromatic rings. The fraction of sp³-hybridized carbons (Fsp3) is 0.350. The molecule has 166 valence electrons. The topological polar surface area (TPSA) is 90.6 Å². The summed E-state index contributed by atoms with van der Waals surface area (Å²) in [5.74, 6) is -0.613. The van der Waals surface area contributed by atoms with E-state index in [0.717, 1.165) is 12.1 Å². The van der Waals surface area contributed by atoms with E-state index in [1.165, 1.54) is 34.6 Å². The summed E-state index contributed by atoms with van der Waals surface area (Å²) >= 11 is 5.84. The number of ether oxygens (including phenoxy) is 1. The zero-order valence-electron chi connectivity index (χ0n) is 16.0. The molecule has 0 amide bonds. The molecule has 1 saturated heterocycles. The molecule has 1 heterocycles. The van der Waals surface area contributed by atoms with E-state index < -0.39 is 27.7 Å². The third-order valence-electron chi connectivity index (χ3n) is 5.10. The Hall–Kier alpha value is -2.32. The van der Waals surface area contributed by atoms with Gasteiger partial charge in [0.25, 0.3) is 0 Å². The van der Waals surface area contributed by atoms with Crippen LogP contribution in [0.1, 0.15) is 11.1 Å².